The topological polar surface area (TPSA) is 72.1 Å². The van der Waals surface area contributed by atoms with Crippen LogP contribution in [0.15, 0.2) is 47.2 Å². The molecule has 1 amide bonds. The lowest BCUT2D eigenvalue weighted by molar-refractivity contribution is -0.174. The van der Waals surface area contributed by atoms with E-state index in [2.05, 4.69) is 15.7 Å². The number of nitrogens with one attached hydrogen (secondary N) is 2. The summed E-state index contributed by atoms with van der Waals surface area (Å²) < 4.78 is 47.2. The molecule has 0 unspecified atom stereocenters. The first-order valence-electron chi connectivity index (χ1n) is 9.77. The normalized spacial score (nSPS) is 20.4. The molecule has 2 aliphatic rings. The van der Waals surface area contributed by atoms with Crippen molar-refractivity contribution in [3.05, 3.63) is 65.2 Å². The molecule has 30 heavy (non-hydrogen) atoms. The van der Waals surface area contributed by atoms with Crippen molar-refractivity contribution in [3.8, 4) is 0 Å². The molecule has 156 valence electrons. The molecule has 3 heterocycles. The van der Waals surface area contributed by atoms with E-state index in [1.165, 1.54) is 23.6 Å². The van der Waals surface area contributed by atoms with Crippen LogP contribution in [0.2, 0.25) is 0 Å². The molecule has 0 saturated heterocycles. The molecule has 1 aliphatic heterocycles. The van der Waals surface area contributed by atoms with Crippen LogP contribution in [-0.2, 0) is 12.8 Å². The zero-order valence-corrected chi connectivity index (χ0v) is 15.9. The number of anilines is 2. The first kappa shape index (κ1) is 18.8. The molecule has 1 aliphatic carbocycles. The van der Waals surface area contributed by atoms with E-state index < -0.39 is 24.2 Å². The van der Waals surface area contributed by atoms with Gasteiger partial charge in [0.2, 0.25) is 0 Å². The number of fused-ring (bicyclic) bond motifs is 2. The summed E-state index contributed by atoms with van der Waals surface area (Å²) in [4.78, 5) is 12.9. The molecule has 0 saturated carbocycles. The van der Waals surface area contributed by atoms with Gasteiger partial charge in [0, 0.05) is 12.1 Å². The van der Waals surface area contributed by atoms with Crippen molar-refractivity contribution in [2.45, 2.75) is 43.9 Å². The molecule has 0 fully saturated rings. The van der Waals surface area contributed by atoms with Crippen molar-refractivity contribution in [2.75, 3.05) is 10.6 Å². The van der Waals surface area contributed by atoms with Crippen LogP contribution in [0.3, 0.4) is 0 Å². The zero-order valence-electron chi connectivity index (χ0n) is 15.9. The van der Waals surface area contributed by atoms with E-state index in [-0.39, 0.29) is 17.8 Å². The predicted octanol–water partition coefficient (Wildman–Crippen LogP) is 4.88. The predicted molar refractivity (Wildman–Crippen MR) is 103 cm³/mol. The second kappa shape index (κ2) is 6.93. The lowest BCUT2D eigenvalue weighted by Crippen LogP contribution is -2.36. The number of furan rings is 1. The van der Waals surface area contributed by atoms with Crippen molar-refractivity contribution in [2.24, 2.45) is 0 Å². The van der Waals surface area contributed by atoms with Gasteiger partial charge in [-0.1, -0.05) is 6.07 Å². The van der Waals surface area contributed by atoms with Crippen LogP contribution in [0.5, 0.6) is 0 Å². The zero-order chi connectivity index (χ0) is 20.9. The van der Waals surface area contributed by atoms with Gasteiger partial charge in [-0.2, -0.15) is 18.3 Å². The van der Waals surface area contributed by atoms with Gasteiger partial charge in [0.05, 0.1) is 18.5 Å². The van der Waals surface area contributed by atoms with Gasteiger partial charge >= 0.3 is 6.18 Å². The Kier molecular flexibility index (Phi) is 4.34. The number of halogens is 3. The molecular weight excluding hydrogens is 397 g/mol. The number of hydrogen-bond donors (Lipinski definition) is 2. The molecule has 5 rings (SSSR count). The van der Waals surface area contributed by atoms with E-state index in [0.29, 0.717) is 11.4 Å². The number of carbonyl (C=O) groups is 1. The lowest BCUT2D eigenvalue weighted by atomic mass is 10.0. The number of carbonyl (C=O) groups excluding carboxylic acids is 1. The molecule has 0 bridgehead atoms. The van der Waals surface area contributed by atoms with E-state index in [1.807, 2.05) is 18.2 Å². The summed E-state index contributed by atoms with van der Waals surface area (Å²) >= 11 is 0. The molecule has 2 N–H and O–H groups in total. The smallest absolute Gasteiger partial charge is 0.410 e. The van der Waals surface area contributed by atoms with E-state index >= 15 is 0 Å². The number of amides is 1. The Bertz CT molecular complexity index is 1090. The van der Waals surface area contributed by atoms with Crippen molar-refractivity contribution >= 4 is 17.4 Å². The largest absolute Gasteiger partial charge is 0.467 e. The van der Waals surface area contributed by atoms with Crippen LogP contribution in [0.4, 0.5) is 24.7 Å². The minimum Gasteiger partial charge on any atom is -0.467 e. The third kappa shape index (κ3) is 3.24. The summed E-state index contributed by atoms with van der Waals surface area (Å²) in [7, 11) is 0. The van der Waals surface area contributed by atoms with Gasteiger partial charge in [-0.15, -0.1) is 0 Å². The van der Waals surface area contributed by atoms with Gasteiger partial charge < -0.3 is 15.1 Å². The van der Waals surface area contributed by atoms with Gasteiger partial charge in [-0.25, -0.2) is 4.68 Å². The highest BCUT2D eigenvalue weighted by Gasteiger charge is 2.47. The average Bonchev–Trinajstić information content (AvgIpc) is 3.45. The van der Waals surface area contributed by atoms with E-state index in [0.717, 1.165) is 23.9 Å². The first-order valence-corrected chi connectivity index (χ1v) is 9.77. The summed E-state index contributed by atoms with van der Waals surface area (Å²) in [6, 6.07) is 6.38. The number of rotatable bonds is 3. The first-order chi connectivity index (χ1) is 14.4. The Balaban J connectivity index is 1.46. The SMILES string of the molecule is O=C(Nc1ccc2c(c1)CCC2)c1cnn2c1N[C@@H](c1ccco1)C[C@@H]2C(F)(F)F. The maximum Gasteiger partial charge on any atom is 0.410 e. The highest BCUT2D eigenvalue weighted by molar-refractivity contribution is 6.07. The number of nitrogens with zero attached hydrogens (tertiary/aromatic N) is 2. The molecule has 2 aromatic heterocycles. The molecule has 0 radical (unpaired) electrons. The molecule has 3 aromatic rings. The Hall–Kier alpha value is -3.23. The maximum atomic E-state index is 13.7. The number of aryl methyl sites for hydroxylation is 2. The van der Waals surface area contributed by atoms with Crippen molar-refractivity contribution in [3.63, 3.8) is 0 Å². The fourth-order valence-electron chi connectivity index (χ4n) is 4.25. The van der Waals surface area contributed by atoms with Gasteiger partial charge in [-0.3, -0.25) is 4.79 Å². The van der Waals surface area contributed by atoms with E-state index in [1.54, 1.807) is 12.1 Å². The van der Waals surface area contributed by atoms with Crippen LogP contribution < -0.4 is 10.6 Å². The summed E-state index contributed by atoms with van der Waals surface area (Å²) in [6.45, 7) is 0. The Morgan fingerprint density at radius 1 is 1.23 bits per heavy atom. The summed E-state index contributed by atoms with van der Waals surface area (Å²) in [6.07, 6.45) is 0.861. The molecule has 2 atom stereocenters. The Morgan fingerprint density at radius 2 is 2.07 bits per heavy atom. The van der Waals surface area contributed by atoms with Crippen molar-refractivity contribution < 1.29 is 22.4 Å². The van der Waals surface area contributed by atoms with Gasteiger partial charge in [0.15, 0.2) is 6.04 Å². The minimum atomic E-state index is -4.51. The van der Waals surface area contributed by atoms with Crippen LogP contribution in [0.25, 0.3) is 0 Å². The van der Waals surface area contributed by atoms with Gasteiger partial charge in [0.1, 0.15) is 17.1 Å². The van der Waals surface area contributed by atoms with Crippen LogP contribution >= 0.6 is 0 Å². The number of benzene rings is 1. The Morgan fingerprint density at radius 3 is 2.83 bits per heavy atom. The van der Waals surface area contributed by atoms with Crippen LogP contribution in [0.1, 0.15) is 52.2 Å². The van der Waals surface area contributed by atoms with Crippen molar-refractivity contribution in [1.29, 1.82) is 0 Å². The number of alkyl halides is 3. The van der Waals surface area contributed by atoms with Gasteiger partial charge in [0.25, 0.3) is 5.91 Å². The Labute approximate surface area is 170 Å². The van der Waals surface area contributed by atoms with Gasteiger partial charge in [-0.05, 0) is 54.7 Å². The highest BCUT2D eigenvalue weighted by atomic mass is 19.4. The standard InChI is InChI=1S/C21H19F3N4O2/c22-21(23,24)18-10-16(17-5-2-8-30-17)27-19-15(11-25-28(18)19)20(29)26-14-7-6-12-3-1-4-13(12)9-14/h2,5-9,11,16,18,27H,1,3-4,10H2,(H,26,29)/t16-,18-/m1/s1. The molecule has 9 heteroatoms. The molecule has 1 aromatic carbocycles. The number of aromatic nitrogens is 2. The van der Waals surface area contributed by atoms with E-state index in [9.17, 15) is 18.0 Å². The highest BCUT2D eigenvalue weighted by Crippen LogP contribution is 2.44. The number of hydrogen-bond acceptors (Lipinski definition) is 4. The summed E-state index contributed by atoms with van der Waals surface area (Å²) in [5, 5.41) is 9.68. The monoisotopic (exact) mass is 416 g/mol. The minimum absolute atomic E-state index is 0.0311. The molecule has 0 spiro atoms. The van der Waals surface area contributed by atoms with E-state index in [4.69, 9.17) is 4.42 Å². The second-order valence-corrected chi connectivity index (χ2v) is 7.65. The quantitative estimate of drug-likeness (QED) is 0.639. The van der Waals surface area contributed by atoms with Crippen LogP contribution in [0, 0.1) is 0 Å². The molecule has 6 nitrogen and oxygen atoms in total. The summed E-state index contributed by atoms with van der Waals surface area (Å²) in [5.41, 5.74) is 3.14. The summed E-state index contributed by atoms with van der Waals surface area (Å²) in [5.74, 6) is -0.104. The average molecular weight is 416 g/mol. The van der Waals surface area contributed by atoms with Crippen molar-refractivity contribution in [1.82, 2.24) is 9.78 Å². The third-order valence-corrected chi connectivity index (χ3v) is 5.73. The fourth-order valence-corrected chi connectivity index (χ4v) is 4.25. The fraction of sp³-hybridized carbons (Fsp3) is 0.333. The van der Waals surface area contributed by atoms with Crippen LogP contribution in [-0.4, -0.2) is 21.9 Å². The second-order valence-electron chi connectivity index (χ2n) is 7.65. The lowest BCUT2D eigenvalue weighted by Gasteiger charge is -2.32. The molecular formula is C21H19F3N4O2. The third-order valence-electron chi connectivity index (χ3n) is 5.73. The maximum absolute atomic E-state index is 13.7.